The van der Waals surface area contributed by atoms with Gasteiger partial charge in [0.1, 0.15) is 0 Å². The maximum atomic E-state index is 13.2. The molecular formula is C15H18N4O6S2. The van der Waals surface area contributed by atoms with Gasteiger partial charge in [-0.25, -0.2) is 16.8 Å². The second-order valence-corrected chi connectivity index (χ2v) is 10.2. The summed E-state index contributed by atoms with van der Waals surface area (Å²) in [5, 5.41) is 15.3. The summed E-state index contributed by atoms with van der Waals surface area (Å²) in [5.41, 5.74) is -0.115. The topological polar surface area (TPSA) is 132 Å². The van der Waals surface area contributed by atoms with Crippen LogP contribution in [0.2, 0.25) is 0 Å². The van der Waals surface area contributed by atoms with Gasteiger partial charge < -0.3 is 0 Å². The molecule has 1 atom stereocenters. The van der Waals surface area contributed by atoms with Crippen molar-refractivity contribution in [2.45, 2.75) is 24.4 Å². The summed E-state index contributed by atoms with van der Waals surface area (Å²) in [6.07, 6.45) is 3.02. The maximum absolute atomic E-state index is 13.2. The van der Waals surface area contributed by atoms with Crippen LogP contribution in [0.5, 0.6) is 0 Å². The van der Waals surface area contributed by atoms with Crippen LogP contribution in [0.3, 0.4) is 0 Å². The summed E-state index contributed by atoms with van der Waals surface area (Å²) in [5.74, 6) is -0.743. The standard InChI is InChI=1S/C15H18N4O6S2/c1-2-17-10-12(9-16-17)14-11-26(22,23)8-7-18(14)27(24,25)15-6-4-3-5-13(15)19(20)21/h3-6,9-10,14H,2,7-8,11H2,1H3. The average molecular weight is 414 g/mol. The molecule has 12 heteroatoms. The molecule has 27 heavy (non-hydrogen) atoms. The van der Waals surface area contributed by atoms with Crippen LogP contribution in [-0.4, -0.2) is 53.9 Å². The van der Waals surface area contributed by atoms with Crippen LogP contribution in [0, 0.1) is 10.1 Å². The number of nitro benzene ring substituents is 1. The normalized spacial score (nSPS) is 20.4. The van der Waals surface area contributed by atoms with Gasteiger partial charge in [-0.1, -0.05) is 12.1 Å². The summed E-state index contributed by atoms with van der Waals surface area (Å²) >= 11 is 0. The molecule has 2 heterocycles. The number of rotatable bonds is 5. The lowest BCUT2D eigenvalue weighted by atomic mass is 10.2. The Hall–Kier alpha value is -2.31. The zero-order valence-corrected chi connectivity index (χ0v) is 16.1. The van der Waals surface area contributed by atoms with Gasteiger partial charge in [-0.3, -0.25) is 14.8 Å². The number of para-hydroxylation sites is 1. The van der Waals surface area contributed by atoms with E-state index in [1.165, 1.54) is 18.3 Å². The highest BCUT2D eigenvalue weighted by Gasteiger charge is 2.42. The molecule has 0 amide bonds. The Morgan fingerprint density at radius 3 is 2.67 bits per heavy atom. The maximum Gasteiger partial charge on any atom is 0.289 e. The highest BCUT2D eigenvalue weighted by Crippen LogP contribution is 2.35. The van der Waals surface area contributed by atoms with Gasteiger partial charge in [-0.2, -0.15) is 9.40 Å². The minimum atomic E-state index is -4.29. The van der Waals surface area contributed by atoms with Gasteiger partial charge in [0.2, 0.25) is 0 Å². The molecule has 0 spiro atoms. The van der Waals surface area contributed by atoms with Gasteiger partial charge >= 0.3 is 0 Å². The van der Waals surface area contributed by atoms with E-state index in [2.05, 4.69) is 5.10 Å². The van der Waals surface area contributed by atoms with Crippen molar-refractivity contribution in [3.63, 3.8) is 0 Å². The molecule has 1 fully saturated rings. The zero-order valence-electron chi connectivity index (χ0n) is 14.4. The zero-order chi connectivity index (χ0) is 19.8. The van der Waals surface area contributed by atoms with Crippen LogP contribution in [-0.2, 0) is 26.4 Å². The number of nitro groups is 1. The Labute approximate surface area is 156 Å². The molecule has 10 nitrogen and oxygen atoms in total. The Balaban J connectivity index is 2.10. The minimum Gasteiger partial charge on any atom is -0.273 e. The van der Waals surface area contributed by atoms with Crippen LogP contribution in [0.15, 0.2) is 41.6 Å². The third-order valence-electron chi connectivity index (χ3n) is 4.39. The molecule has 1 aromatic carbocycles. The van der Waals surface area contributed by atoms with Crippen molar-refractivity contribution in [3.8, 4) is 0 Å². The number of aromatic nitrogens is 2. The first-order chi connectivity index (χ1) is 12.7. The van der Waals surface area contributed by atoms with Crippen LogP contribution in [0.4, 0.5) is 5.69 Å². The molecular weight excluding hydrogens is 396 g/mol. The van der Waals surface area contributed by atoms with Gasteiger partial charge in [0, 0.05) is 30.9 Å². The van der Waals surface area contributed by atoms with Crippen LogP contribution in [0.1, 0.15) is 18.5 Å². The molecule has 1 aliphatic rings. The fraction of sp³-hybridized carbons (Fsp3) is 0.400. The summed E-state index contributed by atoms with van der Waals surface area (Å²) < 4.78 is 53.2. The third-order valence-corrected chi connectivity index (χ3v) is 7.98. The number of aryl methyl sites for hydroxylation is 1. The summed E-state index contributed by atoms with van der Waals surface area (Å²) in [4.78, 5) is 10.0. The van der Waals surface area contributed by atoms with Gasteiger partial charge in [-0.05, 0) is 13.0 Å². The van der Waals surface area contributed by atoms with Crippen molar-refractivity contribution in [3.05, 3.63) is 52.3 Å². The van der Waals surface area contributed by atoms with E-state index in [-0.39, 0.29) is 12.3 Å². The second kappa shape index (κ2) is 7.02. The largest absolute Gasteiger partial charge is 0.289 e. The molecule has 0 aliphatic carbocycles. The fourth-order valence-electron chi connectivity index (χ4n) is 3.02. The fourth-order valence-corrected chi connectivity index (χ4v) is 6.50. The Morgan fingerprint density at radius 1 is 1.33 bits per heavy atom. The SMILES string of the molecule is CCn1cc(C2CS(=O)(=O)CCN2S(=O)(=O)c2ccccc2[N+](=O)[O-])cn1. The first-order valence-electron chi connectivity index (χ1n) is 8.14. The molecule has 2 aromatic rings. The van der Waals surface area contributed by atoms with E-state index in [0.717, 1.165) is 16.4 Å². The summed E-state index contributed by atoms with van der Waals surface area (Å²) in [7, 11) is -7.75. The molecule has 1 aliphatic heterocycles. The minimum absolute atomic E-state index is 0.279. The Bertz CT molecular complexity index is 1080. The third kappa shape index (κ3) is 3.73. The first-order valence-corrected chi connectivity index (χ1v) is 11.4. The average Bonchev–Trinajstić information content (AvgIpc) is 3.10. The number of hydrogen-bond donors (Lipinski definition) is 0. The van der Waals surface area contributed by atoms with Gasteiger partial charge in [0.25, 0.3) is 15.7 Å². The number of benzene rings is 1. The lowest BCUT2D eigenvalue weighted by Crippen LogP contribution is -2.46. The molecule has 1 saturated heterocycles. The summed E-state index contributed by atoms with van der Waals surface area (Å²) in [6.45, 7) is 2.10. The number of sulfone groups is 1. The molecule has 0 saturated carbocycles. The van der Waals surface area contributed by atoms with E-state index in [1.807, 2.05) is 6.92 Å². The number of sulfonamides is 1. The quantitative estimate of drug-likeness (QED) is 0.526. The second-order valence-electron chi connectivity index (χ2n) is 6.10. The van der Waals surface area contributed by atoms with Crippen molar-refractivity contribution in [2.24, 2.45) is 0 Å². The highest BCUT2D eigenvalue weighted by molar-refractivity contribution is 7.92. The van der Waals surface area contributed by atoms with Crippen molar-refractivity contribution in [1.82, 2.24) is 14.1 Å². The Kier molecular flexibility index (Phi) is 5.06. The van der Waals surface area contributed by atoms with E-state index in [9.17, 15) is 26.9 Å². The molecule has 1 unspecified atom stereocenters. The summed E-state index contributed by atoms with van der Waals surface area (Å²) in [6, 6.07) is 4.04. The Morgan fingerprint density at radius 2 is 2.04 bits per heavy atom. The van der Waals surface area contributed by atoms with Crippen LogP contribution >= 0.6 is 0 Å². The lowest BCUT2D eigenvalue weighted by Gasteiger charge is -2.33. The van der Waals surface area contributed by atoms with Gasteiger partial charge in [0.15, 0.2) is 14.7 Å². The van der Waals surface area contributed by atoms with Gasteiger partial charge in [0.05, 0.1) is 28.7 Å². The number of nitrogens with zero attached hydrogens (tertiary/aromatic N) is 4. The first kappa shape index (κ1) is 19.5. The van der Waals surface area contributed by atoms with Crippen molar-refractivity contribution < 1.29 is 21.8 Å². The highest BCUT2D eigenvalue weighted by atomic mass is 32.2. The number of hydrogen-bond acceptors (Lipinski definition) is 7. The molecule has 3 rings (SSSR count). The van der Waals surface area contributed by atoms with Gasteiger partial charge in [-0.15, -0.1) is 0 Å². The monoisotopic (exact) mass is 414 g/mol. The van der Waals surface area contributed by atoms with Crippen molar-refractivity contribution >= 4 is 25.5 Å². The van der Waals surface area contributed by atoms with Crippen LogP contribution in [0.25, 0.3) is 0 Å². The molecule has 0 radical (unpaired) electrons. The van der Waals surface area contributed by atoms with Crippen LogP contribution < -0.4 is 0 Å². The molecule has 146 valence electrons. The molecule has 1 aromatic heterocycles. The lowest BCUT2D eigenvalue weighted by molar-refractivity contribution is -0.387. The predicted octanol–water partition coefficient (Wildman–Crippen LogP) is 0.972. The predicted molar refractivity (Wildman–Crippen MR) is 96.3 cm³/mol. The van der Waals surface area contributed by atoms with Crippen molar-refractivity contribution in [2.75, 3.05) is 18.1 Å². The van der Waals surface area contributed by atoms with E-state index in [0.29, 0.717) is 12.1 Å². The van der Waals surface area contributed by atoms with E-state index < -0.39 is 47.2 Å². The van der Waals surface area contributed by atoms with E-state index >= 15 is 0 Å². The smallest absolute Gasteiger partial charge is 0.273 e. The molecule has 0 bridgehead atoms. The van der Waals surface area contributed by atoms with E-state index in [1.54, 1.807) is 10.9 Å². The van der Waals surface area contributed by atoms with Crippen molar-refractivity contribution in [1.29, 1.82) is 0 Å². The van der Waals surface area contributed by atoms with E-state index in [4.69, 9.17) is 0 Å². The molecule has 0 N–H and O–H groups in total.